The summed E-state index contributed by atoms with van der Waals surface area (Å²) in [4.78, 5) is 28.6. The zero-order valence-corrected chi connectivity index (χ0v) is 26.4. The lowest BCUT2D eigenvalue weighted by atomic mass is 10.1. The van der Waals surface area contributed by atoms with Crippen LogP contribution in [0.2, 0.25) is 0 Å². The highest BCUT2D eigenvalue weighted by Gasteiger charge is 2.33. The Labute approximate surface area is 251 Å². The first-order valence-corrected chi connectivity index (χ1v) is 15.9. The second-order valence-corrected chi connectivity index (χ2v) is 12.5. The van der Waals surface area contributed by atoms with Gasteiger partial charge in [0.25, 0.3) is 10.0 Å². The van der Waals surface area contributed by atoms with E-state index in [1.165, 1.54) is 17.0 Å². The number of aryl methyl sites for hydroxylation is 1. The molecule has 41 heavy (non-hydrogen) atoms. The Balaban J connectivity index is 2.04. The van der Waals surface area contributed by atoms with E-state index in [1.807, 2.05) is 38.1 Å². The second kappa shape index (κ2) is 15.0. The quantitative estimate of drug-likeness (QED) is 0.228. The van der Waals surface area contributed by atoms with Gasteiger partial charge in [-0.25, -0.2) is 8.42 Å². The molecule has 0 saturated heterocycles. The molecule has 2 amide bonds. The molecule has 0 aliphatic carbocycles. The van der Waals surface area contributed by atoms with Gasteiger partial charge in [0.05, 0.1) is 17.2 Å². The number of amides is 2. The Morgan fingerprint density at radius 3 is 2.27 bits per heavy atom. The number of hydrogen-bond acceptors (Lipinski definition) is 5. The van der Waals surface area contributed by atoms with Crippen LogP contribution < -0.4 is 14.4 Å². The summed E-state index contributed by atoms with van der Waals surface area (Å²) in [5.74, 6) is -0.483. The fourth-order valence-corrected chi connectivity index (χ4v) is 5.89. The number of ether oxygens (including phenoxy) is 1. The molecule has 0 spiro atoms. The van der Waals surface area contributed by atoms with Crippen LogP contribution in [0.15, 0.2) is 82.2 Å². The van der Waals surface area contributed by atoms with Crippen molar-refractivity contribution in [1.82, 2.24) is 10.2 Å². The predicted octanol–water partition coefficient (Wildman–Crippen LogP) is 5.69. The lowest BCUT2D eigenvalue weighted by Gasteiger charge is -2.32. The fraction of sp³-hybridized carbons (Fsp3) is 0.355. The van der Waals surface area contributed by atoms with Crippen molar-refractivity contribution in [2.24, 2.45) is 0 Å². The first-order chi connectivity index (χ1) is 19.6. The highest BCUT2D eigenvalue weighted by Crippen LogP contribution is 2.33. The highest BCUT2D eigenvalue weighted by atomic mass is 79.9. The molecule has 0 radical (unpaired) electrons. The topological polar surface area (TPSA) is 96.0 Å². The van der Waals surface area contributed by atoms with Crippen molar-refractivity contribution in [3.63, 3.8) is 0 Å². The van der Waals surface area contributed by atoms with Gasteiger partial charge in [0.2, 0.25) is 11.8 Å². The molecule has 3 rings (SSSR count). The number of nitrogens with zero attached hydrogens (tertiary/aromatic N) is 2. The molecule has 1 N–H and O–H groups in total. The Hall–Kier alpha value is -3.37. The zero-order valence-electron chi connectivity index (χ0n) is 24.0. The molecule has 10 heteroatoms. The fourth-order valence-electron chi connectivity index (χ4n) is 4.20. The molecule has 0 heterocycles. The number of benzene rings is 3. The van der Waals surface area contributed by atoms with Gasteiger partial charge < -0.3 is 15.0 Å². The molecule has 3 aromatic carbocycles. The Morgan fingerprint density at radius 1 is 0.976 bits per heavy atom. The highest BCUT2D eigenvalue weighted by molar-refractivity contribution is 9.10. The van der Waals surface area contributed by atoms with E-state index >= 15 is 0 Å². The molecular formula is C31H38BrN3O5S. The van der Waals surface area contributed by atoms with E-state index in [0.29, 0.717) is 18.9 Å². The van der Waals surface area contributed by atoms with Crippen LogP contribution >= 0.6 is 15.9 Å². The Morgan fingerprint density at radius 2 is 1.63 bits per heavy atom. The summed E-state index contributed by atoms with van der Waals surface area (Å²) in [7, 11) is -4.18. The number of rotatable bonds is 14. The maximum atomic E-state index is 14.1. The van der Waals surface area contributed by atoms with E-state index in [-0.39, 0.29) is 23.0 Å². The van der Waals surface area contributed by atoms with Gasteiger partial charge >= 0.3 is 0 Å². The number of halogens is 1. The molecule has 3 aromatic rings. The van der Waals surface area contributed by atoms with Gasteiger partial charge in [-0.15, -0.1) is 0 Å². The minimum absolute atomic E-state index is 0.0482. The van der Waals surface area contributed by atoms with Crippen molar-refractivity contribution >= 4 is 43.5 Å². The van der Waals surface area contributed by atoms with Gasteiger partial charge in [0, 0.05) is 17.6 Å². The monoisotopic (exact) mass is 643 g/mol. The molecule has 1 unspecified atom stereocenters. The van der Waals surface area contributed by atoms with Gasteiger partial charge in [0.15, 0.2) is 0 Å². The molecule has 0 aromatic heterocycles. The first-order valence-electron chi connectivity index (χ1n) is 13.7. The van der Waals surface area contributed by atoms with Gasteiger partial charge in [0.1, 0.15) is 18.3 Å². The molecule has 220 valence electrons. The van der Waals surface area contributed by atoms with E-state index < -0.39 is 28.5 Å². The average molecular weight is 645 g/mol. The maximum Gasteiger partial charge on any atom is 0.264 e. The summed E-state index contributed by atoms with van der Waals surface area (Å²) in [5.41, 5.74) is 1.95. The van der Waals surface area contributed by atoms with Crippen LogP contribution in [-0.4, -0.2) is 50.9 Å². The molecule has 0 saturated carbocycles. The van der Waals surface area contributed by atoms with Crippen LogP contribution in [0.4, 0.5) is 5.69 Å². The zero-order chi connectivity index (χ0) is 30.0. The van der Waals surface area contributed by atoms with Gasteiger partial charge in [-0.05, 0) is 69.2 Å². The number of anilines is 1. The molecule has 8 nitrogen and oxygen atoms in total. The molecule has 1 atom stereocenters. The smallest absolute Gasteiger partial charge is 0.264 e. The molecule has 0 bridgehead atoms. The predicted molar refractivity (Wildman–Crippen MR) is 165 cm³/mol. The van der Waals surface area contributed by atoms with Gasteiger partial charge in [-0.3, -0.25) is 13.9 Å². The number of nitrogens with one attached hydrogen (secondary N) is 1. The van der Waals surface area contributed by atoms with Crippen molar-refractivity contribution in [2.75, 3.05) is 24.0 Å². The van der Waals surface area contributed by atoms with E-state index in [0.717, 1.165) is 32.7 Å². The van der Waals surface area contributed by atoms with Crippen LogP contribution in [0.3, 0.4) is 0 Å². The van der Waals surface area contributed by atoms with Crippen molar-refractivity contribution in [3.05, 3.63) is 88.4 Å². The summed E-state index contributed by atoms with van der Waals surface area (Å²) < 4.78 is 35.8. The second-order valence-electron chi connectivity index (χ2n) is 9.69. The van der Waals surface area contributed by atoms with Crippen LogP contribution in [-0.2, 0) is 26.2 Å². The van der Waals surface area contributed by atoms with Crippen molar-refractivity contribution in [2.45, 2.75) is 58.0 Å². The number of unbranched alkanes of at least 4 members (excludes halogenated alkanes) is 1. The van der Waals surface area contributed by atoms with Crippen LogP contribution in [0.5, 0.6) is 5.75 Å². The number of carbonyl (C=O) groups excluding carboxylic acids is 2. The molecule has 0 fully saturated rings. The van der Waals surface area contributed by atoms with Crippen molar-refractivity contribution in [3.8, 4) is 5.75 Å². The lowest BCUT2D eigenvalue weighted by Crippen LogP contribution is -2.51. The van der Waals surface area contributed by atoms with Crippen LogP contribution in [0.25, 0.3) is 0 Å². The summed E-state index contributed by atoms with van der Waals surface area (Å²) in [6, 6.07) is 19.8. The Kier molecular flexibility index (Phi) is 11.8. The average Bonchev–Trinajstić information content (AvgIpc) is 2.96. The van der Waals surface area contributed by atoms with E-state index in [4.69, 9.17) is 4.74 Å². The van der Waals surface area contributed by atoms with E-state index in [9.17, 15) is 18.0 Å². The van der Waals surface area contributed by atoms with Crippen molar-refractivity contribution in [1.29, 1.82) is 0 Å². The van der Waals surface area contributed by atoms with Gasteiger partial charge in [-0.1, -0.05) is 71.2 Å². The third kappa shape index (κ3) is 8.56. The summed E-state index contributed by atoms with van der Waals surface area (Å²) in [6.07, 6.45) is 1.73. The summed E-state index contributed by atoms with van der Waals surface area (Å²) in [5, 5.41) is 2.89. The van der Waals surface area contributed by atoms with Crippen molar-refractivity contribution < 1.29 is 22.7 Å². The third-order valence-corrected chi connectivity index (χ3v) is 8.89. The van der Waals surface area contributed by atoms with Crippen LogP contribution in [0.1, 0.15) is 44.7 Å². The molecule has 0 aliphatic heterocycles. The van der Waals surface area contributed by atoms with E-state index in [1.54, 1.807) is 50.2 Å². The molecular weight excluding hydrogens is 606 g/mol. The van der Waals surface area contributed by atoms with Gasteiger partial charge in [-0.2, -0.15) is 0 Å². The number of hydrogen-bond donors (Lipinski definition) is 1. The minimum atomic E-state index is -4.18. The standard InChI is InChI=1S/C31H38BrN3O5S/c1-5-7-20-33-31(37)24(4)34(21-25-14-16-26(32)17-15-25)30(36)22-35(28-10-8-9-11-29(28)40-6-2)41(38,39)27-18-12-23(3)13-19-27/h8-19,24H,5-7,20-22H2,1-4H3,(H,33,37). The number of sulfonamides is 1. The van der Waals surface area contributed by atoms with Crippen LogP contribution in [0, 0.1) is 6.92 Å². The minimum Gasteiger partial charge on any atom is -0.492 e. The SMILES string of the molecule is CCCCNC(=O)C(C)N(Cc1ccc(Br)cc1)C(=O)CN(c1ccccc1OCC)S(=O)(=O)c1ccc(C)cc1. The normalized spacial score (nSPS) is 11.9. The Bertz CT molecular complexity index is 1410. The summed E-state index contributed by atoms with van der Waals surface area (Å²) in [6.45, 7) is 7.77. The first kappa shape index (κ1) is 32.1. The maximum absolute atomic E-state index is 14.1. The molecule has 0 aliphatic rings. The number of carbonyl (C=O) groups is 2. The largest absolute Gasteiger partial charge is 0.492 e. The number of para-hydroxylation sites is 2. The third-order valence-electron chi connectivity index (χ3n) is 6.58. The lowest BCUT2D eigenvalue weighted by molar-refractivity contribution is -0.139. The summed E-state index contributed by atoms with van der Waals surface area (Å²) >= 11 is 3.42. The van der Waals surface area contributed by atoms with E-state index in [2.05, 4.69) is 21.2 Å².